The smallest absolute Gasteiger partial charge is 0.158 e. The van der Waals surface area contributed by atoms with E-state index in [1.807, 2.05) is 0 Å². The van der Waals surface area contributed by atoms with Gasteiger partial charge in [-0.25, -0.2) is 4.98 Å². The van der Waals surface area contributed by atoms with Crippen molar-refractivity contribution in [2.45, 2.75) is 51.4 Å². The van der Waals surface area contributed by atoms with Crippen molar-refractivity contribution in [1.29, 1.82) is 0 Å². The Labute approximate surface area is 97.2 Å². The molecule has 2 rings (SSSR count). The van der Waals surface area contributed by atoms with Gasteiger partial charge in [-0.1, -0.05) is 20.3 Å². The summed E-state index contributed by atoms with van der Waals surface area (Å²) in [6, 6.07) is 0. The summed E-state index contributed by atoms with van der Waals surface area (Å²) in [5.41, 5.74) is 0.192. The van der Waals surface area contributed by atoms with Crippen LogP contribution in [0.25, 0.3) is 0 Å². The van der Waals surface area contributed by atoms with Crippen molar-refractivity contribution in [2.24, 2.45) is 0 Å². The zero-order valence-electron chi connectivity index (χ0n) is 10.3. The van der Waals surface area contributed by atoms with Crippen LogP contribution in [0.5, 0.6) is 0 Å². The summed E-state index contributed by atoms with van der Waals surface area (Å²) in [4.78, 5) is 4.67. The van der Waals surface area contributed by atoms with Gasteiger partial charge in [0, 0.05) is 18.4 Å². The van der Waals surface area contributed by atoms with Gasteiger partial charge in [-0.3, -0.25) is 5.10 Å². The van der Waals surface area contributed by atoms with Crippen LogP contribution in [-0.2, 0) is 11.8 Å². The first-order chi connectivity index (χ1) is 7.80. The molecule has 1 unspecified atom stereocenters. The lowest BCUT2D eigenvalue weighted by atomic mass is 9.82. The Morgan fingerprint density at radius 2 is 2.19 bits per heavy atom. The molecule has 1 fully saturated rings. The third-order valence-electron chi connectivity index (χ3n) is 3.47. The highest BCUT2D eigenvalue weighted by molar-refractivity contribution is 5.12. The van der Waals surface area contributed by atoms with Crippen LogP contribution in [0.3, 0.4) is 0 Å². The van der Waals surface area contributed by atoms with Crippen LogP contribution < -0.4 is 5.32 Å². The monoisotopic (exact) mass is 222 g/mol. The van der Waals surface area contributed by atoms with Crippen LogP contribution in [-0.4, -0.2) is 28.3 Å². The normalized spacial score (nSPS) is 25.1. The molecular weight excluding hydrogens is 200 g/mol. The van der Waals surface area contributed by atoms with Gasteiger partial charge in [0.05, 0.1) is 0 Å². The molecule has 1 saturated heterocycles. The fourth-order valence-corrected chi connectivity index (χ4v) is 2.62. The van der Waals surface area contributed by atoms with Crippen molar-refractivity contribution in [3.05, 3.63) is 11.6 Å². The van der Waals surface area contributed by atoms with Crippen molar-refractivity contribution >= 4 is 0 Å². The molecule has 2 heterocycles. The predicted octanol–water partition coefficient (Wildman–Crippen LogP) is 1.79. The Morgan fingerprint density at radius 3 is 2.81 bits per heavy atom. The van der Waals surface area contributed by atoms with Crippen LogP contribution in [0.1, 0.15) is 51.2 Å². The molecule has 0 aromatic carbocycles. The molecule has 1 atom stereocenters. The Bertz CT molecular complexity index is 326. The van der Waals surface area contributed by atoms with Gasteiger partial charge in [-0.2, -0.15) is 5.10 Å². The lowest BCUT2D eigenvalue weighted by molar-refractivity contribution is 0.403. The maximum absolute atomic E-state index is 4.67. The summed E-state index contributed by atoms with van der Waals surface area (Å²) < 4.78 is 0. The largest absolute Gasteiger partial charge is 0.316 e. The number of hydrogen-bond acceptors (Lipinski definition) is 3. The highest BCUT2D eigenvalue weighted by Crippen LogP contribution is 2.32. The van der Waals surface area contributed by atoms with Gasteiger partial charge in [0.25, 0.3) is 0 Å². The minimum absolute atomic E-state index is 0.192. The lowest BCUT2D eigenvalue weighted by Crippen LogP contribution is -2.30. The number of aromatic amines is 1. The zero-order chi connectivity index (χ0) is 11.4. The van der Waals surface area contributed by atoms with Crippen LogP contribution in [0.2, 0.25) is 0 Å². The van der Waals surface area contributed by atoms with Gasteiger partial charge in [0.1, 0.15) is 5.82 Å². The topological polar surface area (TPSA) is 53.6 Å². The molecule has 90 valence electrons. The number of nitrogens with one attached hydrogen (secondary N) is 2. The van der Waals surface area contributed by atoms with E-state index in [0.29, 0.717) is 0 Å². The van der Waals surface area contributed by atoms with E-state index in [-0.39, 0.29) is 5.41 Å². The Morgan fingerprint density at radius 1 is 1.31 bits per heavy atom. The first-order valence-corrected chi connectivity index (χ1v) is 6.43. The number of rotatable bonds is 5. The van der Waals surface area contributed by atoms with Crippen LogP contribution in [0.15, 0.2) is 0 Å². The number of H-pyrrole nitrogens is 1. The molecule has 0 radical (unpaired) electrons. The van der Waals surface area contributed by atoms with Gasteiger partial charge in [0.2, 0.25) is 0 Å². The number of nitrogens with zero attached hydrogens (tertiary/aromatic N) is 2. The van der Waals surface area contributed by atoms with Crippen LogP contribution in [0.4, 0.5) is 0 Å². The highest BCUT2D eigenvalue weighted by atomic mass is 15.2. The van der Waals surface area contributed by atoms with Crippen LogP contribution in [0, 0.1) is 0 Å². The molecule has 4 nitrogen and oxygen atoms in total. The van der Waals surface area contributed by atoms with Crippen molar-refractivity contribution in [1.82, 2.24) is 20.5 Å². The summed E-state index contributed by atoms with van der Waals surface area (Å²) in [6.45, 7) is 6.53. The Hall–Kier alpha value is -0.900. The average molecular weight is 222 g/mol. The molecule has 1 aliphatic rings. The van der Waals surface area contributed by atoms with E-state index in [1.165, 1.54) is 19.3 Å². The third kappa shape index (κ3) is 2.12. The lowest BCUT2D eigenvalue weighted by Gasteiger charge is -2.23. The second kappa shape index (κ2) is 4.95. The van der Waals surface area contributed by atoms with Gasteiger partial charge >= 0.3 is 0 Å². The molecule has 0 spiro atoms. The van der Waals surface area contributed by atoms with E-state index in [1.54, 1.807) is 0 Å². The van der Waals surface area contributed by atoms with Crippen molar-refractivity contribution in [3.63, 3.8) is 0 Å². The standard InChI is InChI=1S/C12H22N4/c1-3-5-10-14-11(16-15-10)12(6-4-2)7-8-13-9-12/h13H,3-9H2,1-2H3,(H,14,15,16). The van der Waals surface area contributed by atoms with Crippen molar-refractivity contribution in [2.75, 3.05) is 13.1 Å². The number of aryl methyl sites for hydroxylation is 1. The van der Waals surface area contributed by atoms with Gasteiger partial charge < -0.3 is 5.32 Å². The summed E-state index contributed by atoms with van der Waals surface area (Å²) in [6.07, 6.45) is 5.67. The summed E-state index contributed by atoms with van der Waals surface area (Å²) in [7, 11) is 0. The molecule has 0 saturated carbocycles. The molecule has 0 bridgehead atoms. The van der Waals surface area contributed by atoms with Gasteiger partial charge in [-0.15, -0.1) is 0 Å². The SMILES string of the molecule is CCCc1nc(C2(CCC)CCNC2)n[nH]1. The quantitative estimate of drug-likeness (QED) is 0.798. The molecular formula is C12H22N4. The third-order valence-corrected chi connectivity index (χ3v) is 3.47. The average Bonchev–Trinajstić information content (AvgIpc) is 2.88. The van der Waals surface area contributed by atoms with Gasteiger partial charge in [0.15, 0.2) is 5.82 Å². The molecule has 1 aromatic rings. The second-order valence-corrected chi connectivity index (χ2v) is 4.81. The zero-order valence-corrected chi connectivity index (χ0v) is 10.3. The number of aromatic nitrogens is 3. The minimum atomic E-state index is 0.192. The predicted molar refractivity (Wildman–Crippen MR) is 64.5 cm³/mol. The van der Waals surface area contributed by atoms with Crippen LogP contribution >= 0.6 is 0 Å². The first kappa shape index (κ1) is 11.6. The van der Waals surface area contributed by atoms with Crippen molar-refractivity contribution < 1.29 is 0 Å². The summed E-state index contributed by atoms with van der Waals surface area (Å²) in [5.74, 6) is 2.07. The summed E-state index contributed by atoms with van der Waals surface area (Å²) >= 11 is 0. The number of hydrogen-bond donors (Lipinski definition) is 2. The maximum Gasteiger partial charge on any atom is 0.158 e. The molecule has 16 heavy (non-hydrogen) atoms. The molecule has 0 aliphatic carbocycles. The molecule has 4 heteroatoms. The summed E-state index contributed by atoms with van der Waals surface area (Å²) in [5, 5.41) is 11.0. The first-order valence-electron chi connectivity index (χ1n) is 6.43. The molecule has 0 amide bonds. The minimum Gasteiger partial charge on any atom is -0.316 e. The van der Waals surface area contributed by atoms with E-state index in [9.17, 15) is 0 Å². The fraction of sp³-hybridized carbons (Fsp3) is 0.833. The molecule has 2 N–H and O–H groups in total. The van der Waals surface area contributed by atoms with Crippen molar-refractivity contribution in [3.8, 4) is 0 Å². The van der Waals surface area contributed by atoms with E-state index < -0.39 is 0 Å². The second-order valence-electron chi connectivity index (χ2n) is 4.81. The van der Waals surface area contributed by atoms with E-state index in [2.05, 4.69) is 34.3 Å². The van der Waals surface area contributed by atoms with E-state index >= 15 is 0 Å². The fourth-order valence-electron chi connectivity index (χ4n) is 2.62. The Kier molecular flexibility index (Phi) is 3.59. The highest BCUT2D eigenvalue weighted by Gasteiger charge is 2.38. The maximum atomic E-state index is 4.67. The van der Waals surface area contributed by atoms with E-state index in [4.69, 9.17) is 0 Å². The van der Waals surface area contributed by atoms with E-state index in [0.717, 1.165) is 37.6 Å². The molecule has 1 aliphatic heterocycles. The molecule has 1 aromatic heterocycles. The Balaban J connectivity index is 2.18. The van der Waals surface area contributed by atoms with Gasteiger partial charge in [-0.05, 0) is 25.8 Å².